The number of halogens is 3. The van der Waals surface area contributed by atoms with Crippen molar-refractivity contribution in [1.29, 1.82) is 0 Å². The fourth-order valence-electron chi connectivity index (χ4n) is 7.65. The number of fused-ring (bicyclic) bond motifs is 3. The molecule has 3 fully saturated rings. The van der Waals surface area contributed by atoms with Gasteiger partial charge in [-0.05, 0) is 67.5 Å². The number of anilines is 1. The smallest absolute Gasteiger partial charge is 0.319 e. The van der Waals surface area contributed by atoms with Crippen LogP contribution >= 0.6 is 0 Å². The molecule has 0 aliphatic carbocycles. The second-order valence-corrected chi connectivity index (χ2v) is 12.9. The number of rotatable bonds is 9. The largest absolute Gasteiger partial charge is 0.481 e. The standard InChI is InChI=1S/C34H37F3N6O3/c35-21-15-34(12-4-14-43(34)17-21)19-46-33-40-31-25(32(41-33)42-13-3-6-22(38)18-42)16-39-30(29(31)37)24-8-1-5-20-10-11-26(36)23(28(20)24)7-2-9-27(44)45/h1,5,8,10-11,16,21-22H,2-4,6-7,9,12-15,17-19,38H2,(H,44,45)/t21-,22-,34+/m1/s1. The number of aliphatic carboxylic acids is 1. The van der Waals surface area contributed by atoms with Gasteiger partial charge < -0.3 is 20.5 Å². The van der Waals surface area contributed by atoms with E-state index in [-0.39, 0.29) is 49.1 Å². The number of aryl methyl sites for hydroxylation is 1. The van der Waals surface area contributed by atoms with Gasteiger partial charge in [0.05, 0.1) is 10.9 Å². The molecule has 4 aromatic rings. The summed E-state index contributed by atoms with van der Waals surface area (Å²) in [6.07, 6.45) is 4.76. The molecule has 3 N–H and O–H groups in total. The zero-order chi connectivity index (χ0) is 32.0. The normalized spacial score (nSPS) is 23.3. The summed E-state index contributed by atoms with van der Waals surface area (Å²) in [4.78, 5) is 29.2. The number of hydrogen-bond donors (Lipinski definition) is 2. The summed E-state index contributed by atoms with van der Waals surface area (Å²) in [6.45, 7) is 2.59. The van der Waals surface area contributed by atoms with E-state index in [1.165, 1.54) is 12.3 Å². The first-order valence-electron chi connectivity index (χ1n) is 16.0. The van der Waals surface area contributed by atoms with Crippen molar-refractivity contribution in [3.63, 3.8) is 0 Å². The molecule has 9 nitrogen and oxygen atoms in total. The van der Waals surface area contributed by atoms with Crippen LogP contribution in [0.3, 0.4) is 0 Å². The summed E-state index contributed by atoms with van der Waals surface area (Å²) in [5.74, 6) is -1.69. The highest BCUT2D eigenvalue weighted by Crippen LogP contribution is 2.41. The van der Waals surface area contributed by atoms with Crippen molar-refractivity contribution in [3.05, 3.63) is 53.7 Å². The van der Waals surface area contributed by atoms with Gasteiger partial charge in [0.1, 0.15) is 35.6 Å². The predicted octanol–water partition coefficient (Wildman–Crippen LogP) is 5.41. The first-order chi connectivity index (χ1) is 22.2. The third-order valence-corrected chi connectivity index (χ3v) is 9.80. The maximum absolute atomic E-state index is 16.8. The molecule has 3 aliphatic rings. The van der Waals surface area contributed by atoms with Gasteiger partial charge in [0, 0.05) is 50.3 Å². The molecule has 0 unspecified atom stereocenters. The van der Waals surface area contributed by atoms with E-state index in [4.69, 9.17) is 20.6 Å². The molecule has 7 rings (SSSR count). The lowest BCUT2D eigenvalue weighted by atomic mass is 9.93. The van der Waals surface area contributed by atoms with E-state index in [9.17, 15) is 9.18 Å². The van der Waals surface area contributed by atoms with Gasteiger partial charge in [-0.15, -0.1) is 0 Å². The summed E-state index contributed by atoms with van der Waals surface area (Å²) in [6, 6.07) is 8.14. The molecule has 3 atom stereocenters. The van der Waals surface area contributed by atoms with E-state index in [0.29, 0.717) is 59.2 Å². The molecule has 0 saturated carbocycles. The number of carboxylic acids is 1. The van der Waals surface area contributed by atoms with Crippen LogP contribution in [0, 0.1) is 11.6 Å². The van der Waals surface area contributed by atoms with Crippen LogP contribution in [-0.4, -0.2) is 81.5 Å². The number of ether oxygens (including phenoxy) is 1. The Balaban J connectivity index is 1.33. The predicted molar refractivity (Wildman–Crippen MR) is 169 cm³/mol. The molecule has 3 saturated heterocycles. The molecule has 5 heterocycles. The average Bonchev–Trinajstić information content (AvgIpc) is 3.56. The van der Waals surface area contributed by atoms with Crippen LogP contribution in [0.25, 0.3) is 32.9 Å². The van der Waals surface area contributed by atoms with E-state index in [0.717, 1.165) is 32.2 Å². The fraction of sp³-hybridized carbons (Fsp3) is 0.471. The van der Waals surface area contributed by atoms with Crippen molar-refractivity contribution in [2.45, 2.75) is 69.1 Å². The number of carboxylic acid groups (broad SMARTS) is 1. The Bertz CT molecular complexity index is 1810. The SMILES string of the molecule is N[C@@H]1CCCN(c2nc(OC[C@@]34CCCN3C[C@H](F)C4)nc3c(F)c(-c4cccc5ccc(F)c(CCCC(=O)O)c45)ncc23)C1. The van der Waals surface area contributed by atoms with Crippen molar-refractivity contribution in [1.82, 2.24) is 19.9 Å². The van der Waals surface area contributed by atoms with Gasteiger partial charge in [-0.25, -0.2) is 13.2 Å². The molecule has 3 aliphatic heterocycles. The van der Waals surface area contributed by atoms with Gasteiger partial charge in [-0.2, -0.15) is 9.97 Å². The Hall–Kier alpha value is -4.03. The fourth-order valence-corrected chi connectivity index (χ4v) is 7.65. The second kappa shape index (κ2) is 12.3. The summed E-state index contributed by atoms with van der Waals surface area (Å²) in [7, 11) is 0. The minimum atomic E-state index is -0.969. The molecular formula is C34H37F3N6O3. The highest BCUT2D eigenvalue weighted by Gasteiger charge is 2.49. The minimum absolute atomic E-state index is 0.000415. The third-order valence-electron chi connectivity index (χ3n) is 9.80. The molecule has 46 heavy (non-hydrogen) atoms. The van der Waals surface area contributed by atoms with E-state index < -0.39 is 29.3 Å². The molecule has 0 amide bonds. The molecule has 2 aromatic carbocycles. The van der Waals surface area contributed by atoms with Gasteiger partial charge in [-0.3, -0.25) is 14.7 Å². The zero-order valence-electron chi connectivity index (χ0n) is 25.5. The van der Waals surface area contributed by atoms with Crippen molar-refractivity contribution in [2.75, 3.05) is 37.7 Å². The average molecular weight is 635 g/mol. The Morgan fingerprint density at radius 3 is 2.83 bits per heavy atom. The van der Waals surface area contributed by atoms with Gasteiger partial charge in [0.15, 0.2) is 5.82 Å². The lowest BCUT2D eigenvalue weighted by molar-refractivity contribution is -0.137. The lowest BCUT2D eigenvalue weighted by Crippen LogP contribution is -2.44. The Morgan fingerprint density at radius 2 is 2.00 bits per heavy atom. The first kappa shape index (κ1) is 30.6. The van der Waals surface area contributed by atoms with E-state index in [2.05, 4.69) is 14.9 Å². The molecule has 0 radical (unpaired) electrons. The van der Waals surface area contributed by atoms with Crippen LogP contribution in [0.4, 0.5) is 19.0 Å². The van der Waals surface area contributed by atoms with Crippen molar-refractivity contribution in [3.8, 4) is 17.3 Å². The van der Waals surface area contributed by atoms with Crippen molar-refractivity contribution < 1.29 is 27.8 Å². The van der Waals surface area contributed by atoms with Crippen molar-refractivity contribution >= 4 is 33.5 Å². The van der Waals surface area contributed by atoms with Crippen LogP contribution in [-0.2, 0) is 11.2 Å². The van der Waals surface area contributed by atoms with Gasteiger partial charge in [-0.1, -0.05) is 24.3 Å². The minimum Gasteiger partial charge on any atom is -0.481 e. The highest BCUT2D eigenvalue weighted by atomic mass is 19.1. The summed E-state index contributed by atoms with van der Waals surface area (Å²) >= 11 is 0. The van der Waals surface area contributed by atoms with Crippen LogP contribution in [0.2, 0.25) is 0 Å². The van der Waals surface area contributed by atoms with Gasteiger partial charge >= 0.3 is 12.0 Å². The van der Waals surface area contributed by atoms with Crippen LogP contribution in [0.1, 0.15) is 50.5 Å². The molecular weight excluding hydrogens is 597 g/mol. The Labute approximate surface area is 264 Å². The number of nitrogens with zero attached hydrogens (tertiary/aromatic N) is 5. The first-order valence-corrected chi connectivity index (χ1v) is 16.0. The lowest BCUT2D eigenvalue weighted by Gasteiger charge is -2.33. The van der Waals surface area contributed by atoms with Gasteiger partial charge in [0.25, 0.3) is 0 Å². The number of piperidine rings is 1. The number of benzene rings is 2. The highest BCUT2D eigenvalue weighted by molar-refractivity contribution is 6.01. The number of aromatic nitrogens is 3. The monoisotopic (exact) mass is 634 g/mol. The van der Waals surface area contributed by atoms with E-state index in [1.54, 1.807) is 24.3 Å². The molecule has 2 aromatic heterocycles. The summed E-state index contributed by atoms with van der Waals surface area (Å²) < 4.78 is 52.7. The number of pyridine rings is 1. The number of carbonyl (C=O) groups is 1. The van der Waals surface area contributed by atoms with Crippen molar-refractivity contribution in [2.24, 2.45) is 5.73 Å². The number of nitrogens with two attached hydrogens (primary N) is 1. The quantitative estimate of drug-likeness (QED) is 0.249. The van der Waals surface area contributed by atoms with E-state index in [1.807, 2.05) is 4.90 Å². The number of alkyl halides is 1. The van der Waals surface area contributed by atoms with Crippen LogP contribution in [0.15, 0.2) is 36.5 Å². The Kier molecular flexibility index (Phi) is 8.18. The van der Waals surface area contributed by atoms with E-state index >= 15 is 8.78 Å². The summed E-state index contributed by atoms with van der Waals surface area (Å²) in [5, 5.41) is 10.7. The Morgan fingerprint density at radius 1 is 1.13 bits per heavy atom. The molecule has 242 valence electrons. The van der Waals surface area contributed by atoms with Gasteiger partial charge in [0.2, 0.25) is 0 Å². The zero-order valence-corrected chi connectivity index (χ0v) is 25.5. The molecule has 12 heteroatoms. The van der Waals surface area contributed by atoms with Crippen LogP contribution < -0.4 is 15.4 Å². The summed E-state index contributed by atoms with van der Waals surface area (Å²) in [5.41, 5.74) is 6.57. The molecule has 0 bridgehead atoms. The topological polar surface area (TPSA) is 118 Å². The maximum Gasteiger partial charge on any atom is 0.319 e. The second-order valence-electron chi connectivity index (χ2n) is 12.9. The maximum atomic E-state index is 16.8. The van der Waals surface area contributed by atoms with Crippen LogP contribution in [0.5, 0.6) is 6.01 Å². The molecule has 0 spiro atoms. The third kappa shape index (κ3) is 5.62. The number of hydrogen-bond acceptors (Lipinski definition) is 8.